The summed E-state index contributed by atoms with van der Waals surface area (Å²) in [4.78, 5) is 36.1. The summed E-state index contributed by atoms with van der Waals surface area (Å²) in [6.07, 6.45) is 0.999. The zero-order valence-corrected chi connectivity index (χ0v) is 17.7. The van der Waals surface area contributed by atoms with Crippen LogP contribution >= 0.6 is 11.3 Å². The molecular weight excluding hydrogens is 424 g/mol. The number of nitrogens with two attached hydrogens (primary N) is 2. The van der Waals surface area contributed by atoms with E-state index in [0.717, 1.165) is 5.57 Å². The van der Waals surface area contributed by atoms with E-state index in [9.17, 15) is 24.6 Å². The number of aliphatic hydroxyl groups is 1. The van der Waals surface area contributed by atoms with Gasteiger partial charge in [-0.3, -0.25) is 15.0 Å². The monoisotopic (exact) mass is 452 g/mol. The maximum absolute atomic E-state index is 12.2. The van der Waals surface area contributed by atoms with Crippen LogP contribution in [0.4, 0.5) is 0 Å². The van der Waals surface area contributed by atoms with Gasteiger partial charge in [0.1, 0.15) is 11.9 Å². The highest BCUT2D eigenvalue weighted by Gasteiger charge is 2.30. The van der Waals surface area contributed by atoms with Crippen LogP contribution in [0.2, 0.25) is 0 Å². The van der Waals surface area contributed by atoms with Crippen molar-refractivity contribution in [3.8, 4) is 0 Å². The van der Waals surface area contributed by atoms with Crippen LogP contribution in [0.25, 0.3) is 0 Å². The zero-order valence-electron chi connectivity index (χ0n) is 16.8. The molecule has 0 radical (unpaired) electrons. The highest BCUT2D eigenvalue weighted by atomic mass is 32.1. The van der Waals surface area contributed by atoms with Gasteiger partial charge >= 0.3 is 5.97 Å². The van der Waals surface area contributed by atoms with E-state index in [1.54, 1.807) is 17.5 Å². The van der Waals surface area contributed by atoms with Gasteiger partial charge < -0.3 is 37.6 Å². The second-order valence-corrected chi connectivity index (χ2v) is 8.10. The van der Waals surface area contributed by atoms with Crippen molar-refractivity contribution in [2.75, 3.05) is 13.1 Å². The Morgan fingerprint density at radius 1 is 1.39 bits per heavy atom. The fourth-order valence-electron chi connectivity index (χ4n) is 3.15. The maximum Gasteiger partial charge on any atom is 0.329 e. The zero-order chi connectivity index (χ0) is 23.0. The molecule has 2 heterocycles. The molecule has 2 amide bonds. The van der Waals surface area contributed by atoms with Crippen molar-refractivity contribution in [1.82, 2.24) is 16.0 Å². The number of aliphatic carboxylic acids is 1. The fraction of sp³-hybridized carbons (Fsp3) is 0.474. The van der Waals surface area contributed by atoms with Crippen LogP contribution in [0.5, 0.6) is 0 Å². The van der Waals surface area contributed by atoms with E-state index in [-0.39, 0.29) is 31.6 Å². The summed E-state index contributed by atoms with van der Waals surface area (Å²) in [6.45, 7) is 0.736. The summed E-state index contributed by atoms with van der Waals surface area (Å²) >= 11 is 1.19. The number of thiophene rings is 1. The SMILES string of the molecule is N=C(N)C1NCC=C1CC(N)C(=O)NCCCC(=O)NC(C(=O)O)C(O)c1cccs1. The first kappa shape index (κ1) is 24.5. The summed E-state index contributed by atoms with van der Waals surface area (Å²) in [5.74, 6) is -2.32. The van der Waals surface area contributed by atoms with Gasteiger partial charge in [0.15, 0.2) is 6.04 Å². The lowest BCUT2D eigenvalue weighted by Crippen LogP contribution is -2.45. The van der Waals surface area contributed by atoms with E-state index in [4.69, 9.17) is 16.9 Å². The average molecular weight is 453 g/mol. The number of carboxylic acids is 1. The first-order chi connectivity index (χ1) is 14.7. The molecule has 11 nitrogen and oxygen atoms in total. The molecule has 0 saturated heterocycles. The molecule has 0 aromatic carbocycles. The van der Waals surface area contributed by atoms with E-state index in [1.807, 2.05) is 6.08 Å². The lowest BCUT2D eigenvalue weighted by Gasteiger charge is -2.19. The molecule has 4 unspecified atom stereocenters. The number of amides is 2. The molecule has 2 rings (SSSR count). The van der Waals surface area contributed by atoms with Crippen LogP contribution in [0.15, 0.2) is 29.2 Å². The standard InChI is InChI=1S/C19H28N6O5S/c20-11(9-10-5-7-23-14(10)17(21)22)18(28)24-6-1-4-13(26)25-15(19(29)30)16(27)12-3-2-8-31-12/h2-3,5,8,11,14-16,23,27H,1,4,6-7,9,20H2,(H3,21,22)(H,24,28)(H,25,26)(H,29,30). The van der Waals surface area contributed by atoms with E-state index in [2.05, 4.69) is 16.0 Å². The third kappa shape index (κ3) is 7.14. The Balaban J connectivity index is 1.72. The predicted octanol–water partition coefficient (Wildman–Crippen LogP) is -1.20. The third-order valence-electron chi connectivity index (χ3n) is 4.77. The van der Waals surface area contributed by atoms with Gasteiger partial charge in [-0.2, -0.15) is 0 Å². The van der Waals surface area contributed by atoms with Crippen molar-refractivity contribution in [3.63, 3.8) is 0 Å². The number of hydrogen-bond acceptors (Lipinski definition) is 8. The molecule has 12 heteroatoms. The molecule has 4 atom stereocenters. The minimum Gasteiger partial charge on any atom is -0.480 e. The molecule has 31 heavy (non-hydrogen) atoms. The third-order valence-corrected chi connectivity index (χ3v) is 5.72. The summed E-state index contributed by atoms with van der Waals surface area (Å²) in [6, 6.07) is 0.578. The molecule has 1 aliphatic rings. The number of carboxylic acid groups (broad SMARTS) is 1. The number of nitrogens with one attached hydrogen (secondary N) is 4. The number of rotatable bonds is 12. The summed E-state index contributed by atoms with van der Waals surface area (Å²) < 4.78 is 0. The van der Waals surface area contributed by atoms with Gasteiger partial charge in [0.2, 0.25) is 11.8 Å². The Bertz CT molecular complexity index is 828. The van der Waals surface area contributed by atoms with Crippen molar-refractivity contribution in [1.29, 1.82) is 5.41 Å². The Kier molecular flexibility index (Phi) is 9.12. The lowest BCUT2D eigenvalue weighted by atomic mass is 10.0. The van der Waals surface area contributed by atoms with Gasteiger partial charge in [0.05, 0.1) is 12.1 Å². The molecule has 1 aliphatic heterocycles. The Hall–Kier alpha value is -2.80. The molecule has 0 fully saturated rings. The Morgan fingerprint density at radius 2 is 2.13 bits per heavy atom. The highest BCUT2D eigenvalue weighted by molar-refractivity contribution is 7.10. The smallest absolute Gasteiger partial charge is 0.329 e. The largest absolute Gasteiger partial charge is 0.480 e. The van der Waals surface area contributed by atoms with Crippen LogP contribution in [-0.2, 0) is 14.4 Å². The Labute approximate surface area is 183 Å². The number of aliphatic hydroxyl groups excluding tert-OH is 1. The van der Waals surface area contributed by atoms with Gasteiger partial charge in [-0.15, -0.1) is 11.3 Å². The Morgan fingerprint density at radius 3 is 2.74 bits per heavy atom. The first-order valence-corrected chi connectivity index (χ1v) is 10.6. The summed E-state index contributed by atoms with van der Waals surface area (Å²) in [5.41, 5.74) is 12.2. The van der Waals surface area contributed by atoms with Crippen molar-refractivity contribution >= 4 is 35.0 Å². The number of amidine groups is 1. The van der Waals surface area contributed by atoms with Crippen molar-refractivity contribution in [2.45, 2.75) is 43.5 Å². The topological polar surface area (TPSA) is 204 Å². The molecule has 1 aromatic rings. The summed E-state index contributed by atoms with van der Waals surface area (Å²) in [5, 5.41) is 36.7. The van der Waals surface area contributed by atoms with Crippen molar-refractivity contribution in [2.24, 2.45) is 11.5 Å². The second kappa shape index (κ2) is 11.6. The van der Waals surface area contributed by atoms with Crippen LogP contribution in [0, 0.1) is 5.41 Å². The molecule has 0 spiro atoms. The molecule has 10 N–H and O–H groups in total. The van der Waals surface area contributed by atoms with Crippen LogP contribution in [0.1, 0.15) is 30.2 Å². The maximum atomic E-state index is 12.2. The highest BCUT2D eigenvalue weighted by Crippen LogP contribution is 2.22. The van der Waals surface area contributed by atoms with Gasteiger partial charge in [-0.25, -0.2) is 4.79 Å². The van der Waals surface area contributed by atoms with Crippen LogP contribution in [0.3, 0.4) is 0 Å². The number of hydrogen-bond donors (Lipinski definition) is 8. The molecule has 0 aliphatic carbocycles. The van der Waals surface area contributed by atoms with Gasteiger partial charge in [-0.1, -0.05) is 12.1 Å². The predicted molar refractivity (Wildman–Crippen MR) is 115 cm³/mol. The molecule has 1 aromatic heterocycles. The second-order valence-electron chi connectivity index (χ2n) is 7.12. The van der Waals surface area contributed by atoms with Crippen LogP contribution < -0.4 is 27.4 Å². The number of carbonyl (C=O) groups is 3. The molecule has 0 saturated carbocycles. The van der Waals surface area contributed by atoms with Crippen molar-refractivity contribution in [3.05, 3.63) is 34.0 Å². The normalized spacial score (nSPS) is 18.5. The van der Waals surface area contributed by atoms with E-state index in [0.29, 0.717) is 11.4 Å². The van der Waals surface area contributed by atoms with E-state index >= 15 is 0 Å². The molecule has 170 valence electrons. The van der Waals surface area contributed by atoms with Gasteiger partial charge in [0, 0.05) is 24.4 Å². The average Bonchev–Trinajstić information content (AvgIpc) is 3.40. The lowest BCUT2D eigenvalue weighted by molar-refractivity contribution is -0.145. The minimum atomic E-state index is -1.46. The van der Waals surface area contributed by atoms with E-state index < -0.39 is 42.0 Å². The van der Waals surface area contributed by atoms with Gasteiger partial charge in [0.25, 0.3) is 0 Å². The van der Waals surface area contributed by atoms with Crippen LogP contribution in [-0.4, -0.2) is 65.0 Å². The van der Waals surface area contributed by atoms with E-state index in [1.165, 1.54) is 11.3 Å². The molecular formula is C19H28N6O5S. The summed E-state index contributed by atoms with van der Waals surface area (Å²) in [7, 11) is 0. The number of carbonyl (C=O) groups excluding carboxylic acids is 2. The fourth-order valence-corrected chi connectivity index (χ4v) is 3.90. The van der Waals surface area contributed by atoms with Crippen molar-refractivity contribution < 1.29 is 24.6 Å². The van der Waals surface area contributed by atoms with Gasteiger partial charge in [-0.05, 0) is 29.9 Å². The minimum absolute atomic E-state index is 0.0298. The molecule has 0 bridgehead atoms. The quantitative estimate of drug-likeness (QED) is 0.0835. The first-order valence-electron chi connectivity index (χ1n) is 9.73.